The molecule has 3 aromatic rings. The van der Waals surface area contributed by atoms with E-state index in [2.05, 4.69) is 26.2 Å². The zero-order valence-electron chi connectivity index (χ0n) is 13.1. The Hall–Kier alpha value is -2.47. The van der Waals surface area contributed by atoms with Crippen LogP contribution in [0.5, 0.6) is 0 Å². The van der Waals surface area contributed by atoms with E-state index in [1.807, 2.05) is 37.3 Å². The number of nitrogens with zero attached hydrogens (tertiary/aromatic N) is 2. The molecule has 2 aromatic carbocycles. The molecule has 0 aliphatic rings. The average Bonchev–Trinajstić information content (AvgIpc) is 2.58. The van der Waals surface area contributed by atoms with Crippen LogP contribution >= 0.6 is 15.9 Å². The maximum atomic E-state index is 12.4. The summed E-state index contributed by atoms with van der Waals surface area (Å²) >= 11 is 3.38. The van der Waals surface area contributed by atoms with Crippen LogP contribution in [0.1, 0.15) is 18.5 Å². The van der Waals surface area contributed by atoms with Gasteiger partial charge in [-0.25, -0.2) is 4.98 Å². The summed E-state index contributed by atoms with van der Waals surface area (Å²) in [7, 11) is 0. The summed E-state index contributed by atoms with van der Waals surface area (Å²) in [5.74, 6) is -0.232. The number of hydrogen-bond donors (Lipinski definition) is 1. The highest BCUT2D eigenvalue weighted by Crippen LogP contribution is 2.16. The summed E-state index contributed by atoms with van der Waals surface area (Å²) in [5.41, 5.74) is 1.41. The van der Waals surface area contributed by atoms with Crippen LogP contribution in [0, 0.1) is 0 Å². The van der Waals surface area contributed by atoms with E-state index in [0.717, 1.165) is 10.0 Å². The summed E-state index contributed by atoms with van der Waals surface area (Å²) in [6.45, 7) is 1.85. The standard InChI is InChI=1S/C18H16BrN3O2/c1-12(13-6-8-14(19)9-7-13)21-17(23)10-22-11-20-16-5-3-2-4-15(16)18(22)24/h2-9,11-12H,10H2,1H3,(H,21,23). The number of benzene rings is 2. The Morgan fingerprint density at radius 2 is 1.92 bits per heavy atom. The van der Waals surface area contributed by atoms with Gasteiger partial charge in [0.15, 0.2) is 0 Å². The predicted octanol–water partition coefficient (Wildman–Crippen LogP) is 3.04. The van der Waals surface area contributed by atoms with Crippen LogP contribution in [0.15, 0.2) is 64.1 Å². The Bertz CT molecular complexity index is 935. The van der Waals surface area contributed by atoms with Gasteiger partial charge >= 0.3 is 0 Å². The fourth-order valence-electron chi connectivity index (χ4n) is 2.50. The lowest BCUT2D eigenvalue weighted by atomic mass is 10.1. The maximum Gasteiger partial charge on any atom is 0.261 e. The second-order valence-corrected chi connectivity index (χ2v) is 6.45. The lowest BCUT2D eigenvalue weighted by Gasteiger charge is -2.15. The topological polar surface area (TPSA) is 64.0 Å². The number of fused-ring (bicyclic) bond motifs is 1. The van der Waals surface area contributed by atoms with Gasteiger partial charge in [-0.15, -0.1) is 0 Å². The maximum absolute atomic E-state index is 12.4. The van der Waals surface area contributed by atoms with E-state index >= 15 is 0 Å². The third kappa shape index (κ3) is 3.54. The number of hydrogen-bond acceptors (Lipinski definition) is 3. The van der Waals surface area contributed by atoms with E-state index < -0.39 is 0 Å². The number of rotatable bonds is 4. The fourth-order valence-corrected chi connectivity index (χ4v) is 2.76. The molecular weight excluding hydrogens is 370 g/mol. The second kappa shape index (κ2) is 6.97. The van der Waals surface area contributed by atoms with E-state index in [1.54, 1.807) is 18.2 Å². The number of amides is 1. The molecule has 1 aromatic heterocycles. The van der Waals surface area contributed by atoms with Crippen LogP contribution in [0.25, 0.3) is 10.9 Å². The lowest BCUT2D eigenvalue weighted by molar-refractivity contribution is -0.122. The van der Waals surface area contributed by atoms with Gasteiger partial charge in [0.25, 0.3) is 5.56 Å². The zero-order valence-corrected chi connectivity index (χ0v) is 14.7. The minimum atomic E-state index is -0.232. The fraction of sp³-hybridized carbons (Fsp3) is 0.167. The van der Waals surface area contributed by atoms with Crippen molar-refractivity contribution in [3.8, 4) is 0 Å². The van der Waals surface area contributed by atoms with Gasteiger partial charge in [0.05, 0.1) is 23.3 Å². The smallest absolute Gasteiger partial charge is 0.261 e. The molecule has 1 N–H and O–H groups in total. The number of halogens is 1. The van der Waals surface area contributed by atoms with Crippen molar-refractivity contribution < 1.29 is 4.79 Å². The molecule has 0 bridgehead atoms. The number of nitrogens with one attached hydrogen (secondary N) is 1. The van der Waals surface area contributed by atoms with Gasteiger partial charge in [0.1, 0.15) is 6.54 Å². The Labute approximate surface area is 147 Å². The highest BCUT2D eigenvalue weighted by Gasteiger charge is 2.12. The van der Waals surface area contributed by atoms with E-state index in [1.165, 1.54) is 10.9 Å². The van der Waals surface area contributed by atoms with Crippen molar-refractivity contribution in [1.29, 1.82) is 0 Å². The Morgan fingerprint density at radius 1 is 1.21 bits per heavy atom. The number of carbonyl (C=O) groups is 1. The van der Waals surface area contributed by atoms with E-state index in [4.69, 9.17) is 0 Å². The first-order valence-corrected chi connectivity index (χ1v) is 8.33. The number of aromatic nitrogens is 2. The Kier molecular flexibility index (Phi) is 4.76. The van der Waals surface area contributed by atoms with Crippen LogP contribution < -0.4 is 10.9 Å². The van der Waals surface area contributed by atoms with Gasteiger partial charge in [-0.3, -0.25) is 14.2 Å². The molecule has 1 amide bonds. The lowest BCUT2D eigenvalue weighted by Crippen LogP contribution is -2.33. The van der Waals surface area contributed by atoms with Gasteiger partial charge in [-0.2, -0.15) is 0 Å². The van der Waals surface area contributed by atoms with Crippen LogP contribution in [0.2, 0.25) is 0 Å². The van der Waals surface area contributed by atoms with Gasteiger partial charge in [0.2, 0.25) is 5.91 Å². The molecule has 1 heterocycles. The monoisotopic (exact) mass is 385 g/mol. The van der Waals surface area contributed by atoms with Crippen molar-refractivity contribution in [2.45, 2.75) is 19.5 Å². The molecule has 122 valence electrons. The summed E-state index contributed by atoms with van der Waals surface area (Å²) in [6, 6.07) is 14.7. The highest BCUT2D eigenvalue weighted by molar-refractivity contribution is 9.10. The van der Waals surface area contributed by atoms with Gasteiger partial charge in [-0.05, 0) is 36.8 Å². The normalized spacial score (nSPS) is 12.1. The third-order valence-corrected chi connectivity index (χ3v) is 4.32. The molecule has 6 heteroatoms. The van der Waals surface area contributed by atoms with Gasteiger partial charge in [-0.1, -0.05) is 40.2 Å². The molecule has 0 spiro atoms. The molecule has 5 nitrogen and oxygen atoms in total. The average molecular weight is 386 g/mol. The minimum Gasteiger partial charge on any atom is -0.348 e. The highest BCUT2D eigenvalue weighted by atomic mass is 79.9. The molecule has 24 heavy (non-hydrogen) atoms. The first kappa shape index (κ1) is 16.4. The first-order valence-electron chi connectivity index (χ1n) is 7.53. The molecule has 1 atom stereocenters. The van der Waals surface area contributed by atoms with Crippen molar-refractivity contribution in [2.75, 3.05) is 0 Å². The molecule has 0 fully saturated rings. The molecule has 0 aliphatic carbocycles. The quantitative estimate of drug-likeness (QED) is 0.750. The molecule has 0 radical (unpaired) electrons. The van der Waals surface area contributed by atoms with Crippen molar-refractivity contribution in [3.63, 3.8) is 0 Å². The molecule has 0 saturated heterocycles. The third-order valence-electron chi connectivity index (χ3n) is 3.79. The SMILES string of the molecule is CC(NC(=O)Cn1cnc2ccccc2c1=O)c1ccc(Br)cc1. The summed E-state index contributed by atoms with van der Waals surface area (Å²) in [5, 5.41) is 3.41. The molecule has 0 saturated carbocycles. The molecule has 1 unspecified atom stereocenters. The second-order valence-electron chi connectivity index (χ2n) is 5.54. The van der Waals surface area contributed by atoms with Crippen LogP contribution in [0.3, 0.4) is 0 Å². The van der Waals surface area contributed by atoms with E-state index in [-0.39, 0.29) is 24.1 Å². The Balaban J connectivity index is 1.74. The largest absolute Gasteiger partial charge is 0.348 e. The van der Waals surface area contributed by atoms with Crippen LogP contribution in [-0.2, 0) is 11.3 Å². The number of para-hydroxylation sites is 1. The summed E-state index contributed by atoms with van der Waals surface area (Å²) in [4.78, 5) is 28.9. The zero-order chi connectivity index (χ0) is 17.1. The minimum absolute atomic E-state index is 0.0580. The van der Waals surface area contributed by atoms with Gasteiger partial charge < -0.3 is 5.32 Å². The van der Waals surface area contributed by atoms with Crippen molar-refractivity contribution in [3.05, 3.63) is 75.2 Å². The summed E-state index contributed by atoms with van der Waals surface area (Å²) in [6.07, 6.45) is 1.41. The van der Waals surface area contributed by atoms with E-state index in [9.17, 15) is 9.59 Å². The van der Waals surface area contributed by atoms with Crippen LogP contribution in [0.4, 0.5) is 0 Å². The molecule has 0 aliphatic heterocycles. The van der Waals surface area contributed by atoms with Crippen molar-refractivity contribution in [1.82, 2.24) is 14.9 Å². The molecular formula is C18H16BrN3O2. The van der Waals surface area contributed by atoms with E-state index in [0.29, 0.717) is 10.9 Å². The predicted molar refractivity (Wildman–Crippen MR) is 96.7 cm³/mol. The van der Waals surface area contributed by atoms with Crippen LogP contribution in [-0.4, -0.2) is 15.5 Å². The first-order chi connectivity index (χ1) is 11.5. The Morgan fingerprint density at radius 3 is 2.67 bits per heavy atom. The van der Waals surface area contributed by atoms with Gasteiger partial charge in [0, 0.05) is 4.47 Å². The summed E-state index contributed by atoms with van der Waals surface area (Å²) < 4.78 is 2.31. The molecule has 3 rings (SSSR count). The van der Waals surface area contributed by atoms with Crippen molar-refractivity contribution in [2.24, 2.45) is 0 Å². The number of carbonyl (C=O) groups excluding carboxylic acids is 1. The van der Waals surface area contributed by atoms with Crippen molar-refractivity contribution >= 4 is 32.7 Å².